The van der Waals surface area contributed by atoms with Crippen LogP contribution in [0.3, 0.4) is 0 Å². The normalized spacial score (nSPS) is 11.0. The summed E-state index contributed by atoms with van der Waals surface area (Å²) in [6, 6.07) is 10.1. The van der Waals surface area contributed by atoms with Crippen LogP contribution in [-0.4, -0.2) is 5.78 Å². The van der Waals surface area contributed by atoms with Gasteiger partial charge in [-0.2, -0.15) is 0 Å². The van der Waals surface area contributed by atoms with Crippen molar-refractivity contribution < 1.29 is 4.79 Å². The lowest BCUT2D eigenvalue weighted by molar-refractivity contribution is 0.104. The Labute approximate surface area is 114 Å². The van der Waals surface area contributed by atoms with Crippen LogP contribution in [0.4, 0.5) is 0 Å². The Morgan fingerprint density at radius 1 is 1.17 bits per heavy atom. The Balaban J connectivity index is 2.15. The molecule has 0 aliphatic heterocycles. The molecule has 0 atom stereocenters. The molecule has 0 bridgehead atoms. The smallest absolute Gasteiger partial charge is 0.204 e. The average molecular weight is 272 g/mol. The lowest BCUT2D eigenvalue weighted by Crippen LogP contribution is -1.98. The molecule has 3 heteroatoms. The van der Waals surface area contributed by atoms with E-state index in [0.717, 1.165) is 21.4 Å². The Kier molecular flexibility index (Phi) is 2.80. The molecular weight excluding hydrogens is 260 g/mol. The van der Waals surface area contributed by atoms with Crippen LogP contribution in [0, 0.1) is 13.8 Å². The molecule has 0 saturated carbocycles. The van der Waals surface area contributed by atoms with E-state index in [1.807, 2.05) is 37.4 Å². The summed E-state index contributed by atoms with van der Waals surface area (Å²) in [5.74, 6) is 0.156. The molecule has 3 rings (SSSR count). The zero-order valence-corrected chi connectivity index (χ0v) is 11.8. The number of carbonyl (C=O) groups is 1. The molecule has 0 saturated heterocycles. The minimum atomic E-state index is 0.156. The van der Waals surface area contributed by atoms with Gasteiger partial charge in [0, 0.05) is 25.9 Å². The van der Waals surface area contributed by atoms with Crippen molar-refractivity contribution >= 4 is 38.5 Å². The van der Waals surface area contributed by atoms with E-state index in [-0.39, 0.29) is 5.78 Å². The minimum Gasteiger partial charge on any atom is -0.288 e. The molecule has 2 aromatic heterocycles. The number of hydrogen-bond donors (Lipinski definition) is 0. The number of aryl methyl sites for hydroxylation is 2. The molecule has 0 radical (unpaired) electrons. The summed E-state index contributed by atoms with van der Waals surface area (Å²) in [6.07, 6.45) is 0. The highest BCUT2D eigenvalue weighted by molar-refractivity contribution is 7.18. The highest BCUT2D eigenvalue weighted by Gasteiger charge is 2.17. The number of thiophene rings is 2. The van der Waals surface area contributed by atoms with Gasteiger partial charge in [-0.3, -0.25) is 4.79 Å². The van der Waals surface area contributed by atoms with Crippen LogP contribution in [0.5, 0.6) is 0 Å². The van der Waals surface area contributed by atoms with E-state index in [2.05, 4.69) is 12.1 Å². The number of carbonyl (C=O) groups excluding carboxylic acids is 1. The molecule has 3 aromatic rings. The van der Waals surface area contributed by atoms with Crippen molar-refractivity contribution in [3.05, 3.63) is 56.6 Å². The van der Waals surface area contributed by atoms with Gasteiger partial charge >= 0.3 is 0 Å². The number of benzene rings is 1. The van der Waals surface area contributed by atoms with Gasteiger partial charge in [0.15, 0.2) is 0 Å². The first-order chi connectivity index (χ1) is 8.66. The molecule has 0 fully saturated rings. The predicted octanol–water partition coefficient (Wildman–Crippen LogP) is 4.81. The highest BCUT2D eigenvalue weighted by atomic mass is 32.1. The highest BCUT2D eigenvalue weighted by Crippen LogP contribution is 2.30. The third-order valence-electron chi connectivity index (χ3n) is 2.97. The number of rotatable bonds is 2. The van der Waals surface area contributed by atoms with Crippen LogP contribution in [0.2, 0.25) is 0 Å². The summed E-state index contributed by atoms with van der Waals surface area (Å²) < 4.78 is 1.17. The Morgan fingerprint density at radius 2 is 1.94 bits per heavy atom. The maximum atomic E-state index is 12.6. The zero-order chi connectivity index (χ0) is 12.7. The van der Waals surface area contributed by atoms with E-state index in [1.165, 1.54) is 9.58 Å². The van der Waals surface area contributed by atoms with Gasteiger partial charge in [0.25, 0.3) is 0 Å². The quantitative estimate of drug-likeness (QED) is 0.612. The van der Waals surface area contributed by atoms with Crippen molar-refractivity contribution in [2.45, 2.75) is 13.8 Å². The largest absolute Gasteiger partial charge is 0.288 e. The zero-order valence-electron chi connectivity index (χ0n) is 10.2. The third-order valence-corrected chi connectivity index (χ3v) is 5.09. The molecule has 1 aromatic carbocycles. The van der Waals surface area contributed by atoms with Crippen LogP contribution >= 0.6 is 22.7 Å². The molecule has 0 unspecified atom stereocenters. The second-order valence-electron chi connectivity index (χ2n) is 4.34. The fourth-order valence-corrected chi connectivity index (χ4v) is 4.06. The first-order valence-electron chi connectivity index (χ1n) is 5.75. The summed E-state index contributed by atoms with van der Waals surface area (Å²) >= 11 is 3.22. The SMILES string of the molecule is Cc1cc(C)c(C(=O)c2csc3ccccc23)s1. The summed E-state index contributed by atoms with van der Waals surface area (Å²) in [5, 5.41) is 3.04. The standard InChI is InChI=1S/C15H12OS2/c1-9-7-10(2)18-15(9)14(16)12-8-17-13-6-4-3-5-11(12)13/h3-8H,1-2H3. The topological polar surface area (TPSA) is 17.1 Å². The summed E-state index contributed by atoms with van der Waals surface area (Å²) in [4.78, 5) is 14.6. The molecular formula is C15H12OS2. The molecule has 1 nitrogen and oxygen atoms in total. The summed E-state index contributed by atoms with van der Waals surface area (Å²) in [6.45, 7) is 4.05. The van der Waals surface area contributed by atoms with Crippen molar-refractivity contribution in [3.8, 4) is 0 Å². The maximum absolute atomic E-state index is 12.6. The van der Waals surface area contributed by atoms with E-state index < -0.39 is 0 Å². The van der Waals surface area contributed by atoms with Crippen molar-refractivity contribution in [2.75, 3.05) is 0 Å². The second-order valence-corrected chi connectivity index (χ2v) is 6.51. The fraction of sp³-hybridized carbons (Fsp3) is 0.133. The van der Waals surface area contributed by atoms with Gasteiger partial charge in [-0.1, -0.05) is 18.2 Å². The van der Waals surface area contributed by atoms with E-state index in [0.29, 0.717) is 0 Å². The van der Waals surface area contributed by atoms with E-state index in [9.17, 15) is 4.79 Å². The van der Waals surface area contributed by atoms with E-state index in [4.69, 9.17) is 0 Å². The Bertz CT molecular complexity index is 734. The summed E-state index contributed by atoms with van der Waals surface area (Å²) in [5.41, 5.74) is 1.92. The molecule has 0 aliphatic carbocycles. The lowest BCUT2D eigenvalue weighted by atomic mass is 10.1. The second kappa shape index (κ2) is 4.34. The van der Waals surface area contributed by atoms with Gasteiger partial charge in [0.2, 0.25) is 5.78 Å². The van der Waals surface area contributed by atoms with Gasteiger partial charge in [-0.15, -0.1) is 22.7 Å². The van der Waals surface area contributed by atoms with Crippen LogP contribution in [-0.2, 0) is 0 Å². The number of fused-ring (bicyclic) bond motifs is 1. The van der Waals surface area contributed by atoms with Crippen molar-refractivity contribution in [1.29, 1.82) is 0 Å². The molecule has 90 valence electrons. The van der Waals surface area contributed by atoms with Gasteiger partial charge in [0.1, 0.15) is 0 Å². The number of hydrogen-bond acceptors (Lipinski definition) is 3. The summed E-state index contributed by atoms with van der Waals surface area (Å²) in [7, 11) is 0. The van der Waals surface area contributed by atoms with Gasteiger partial charge in [0.05, 0.1) is 4.88 Å². The van der Waals surface area contributed by atoms with Crippen molar-refractivity contribution in [2.24, 2.45) is 0 Å². The van der Waals surface area contributed by atoms with Crippen molar-refractivity contribution in [1.82, 2.24) is 0 Å². The van der Waals surface area contributed by atoms with Gasteiger partial charge in [-0.25, -0.2) is 0 Å². The first-order valence-corrected chi connectivity index (χ1v) is 7.44. The fourth-order valence-electron chi connectivity index (χ4n) is 2.14. The van der Waals surface area contributed by atoms with E-state index in [1.54, 1.807) is 22.7 Å². The van der Waals surface area contributed by atoms with Crippen LogP contribution in [0.25, 0.3) is 10.1 Å². The van der Waals surface area contributed by atoms with Gasteiger partial charge < -0.3 is 0 Å². The molecule has 18 heavy (non-hydrogen) atoms. The van der Waals surface area contributed by atoms with E-state index >= 15 is 0 Å². The number of ketones is 1. The van der Waals surface area contributed by atoms with Crippen LogP contribution < -0.4 is 0 Å². The average Bonchev–Trinajstić information content (AvgIpc) is 2.92. The molecule has 0 N–H and O–H groups in total. The lowest BCUT2D eigenvalue weighted by Gasteiger charge is -1.98. The Hall–Kier alpha value is -1.45. The monoisotopic (exact) mass is 272 g/mol. The van der Waals surface area contributed by atoms with Crippen LogP contribution in [0.15, 0.2) is 35.7 Å². The van der Waals surface area contributed by atoms with Gasteiger partial charge in [-0.05, 0) is 31.5 Å². The molecule has 0 aliphatic rings. The third kappa shape index (κ3) is 1.80. The van der Waals surface area contributed by atoms with Crippen LogP contribution in [0.1, 0.15) is 25.7 Å². The predicted molar refractivity (Wildman–Crippen MR) is 79.1 cm³/mol. The van der Waals surface area contributed by atoms with Crippen molar-refractivity contribution in [3.63, 3.8) is 0 Å². The molecule has 2 heterocycles. The molecule has 0 spiro atoms. The minimum absolute atomic E-state index is 0.156. The first kappa shape index (κ1) is 11.6. The molecule has 0 amide bonds. The maximum Gasteiger partial charge on any atom is 0.204 e. The Morgan fingerprint density at radius 3 is 2.67 bits per heavy atom.